The highest BCUT2D eigenvalue weighted by Gasteiger charge is 2.45. The number of aryl methyl sites for hydroxylation is 1. The molecular formula is C27H32N2O5. The molecule has 180 valence electrons. The Hall–Kier alpha value is -3.58. The van der Waals surface area contributed by atoms with Crippen molar-refractivity contribution in [3.63, 3.8) is 0 Å². The maximum atomic E-state index is 13.2. The molecule has 1 atom stereocenters. The number of hydrogen-bond donors (Lipinski definition) is 1. The van der Waals surface area contributed by atoms with Crippen LogP contribution in [0, 0.1) is 6.92 Å². The zero-order chi connectivity index (χ0) is 24.8. The number of nitrogens with zero attached hydrogens (tertiary/aromatic N) is 2. The fourth-order valence-corrected chi connectivity index (χ4v) is 4.09. The minimum atomic E-state index is -0.691. The lowest BCUT2D eigenvalue weighted by molar-refractivity contribution is -0.139. The van der Waals surface area contributed by atoms with Gasteiger partial charge in [-0.3, -0.25) is 9.59 Å². The van der Waals surface area contributed by atoms with Crippen LogP contribution >= 0.6 is 0 Å². The van der Waals surface area contributed by atoms with Crippen LogP contribution in [-0.2, 0) is 9.59 Å². The highest BCUT2D eigenvalue weighted by atomic mass is 16.5. The summed E-state index contributed by atoms with van der Waals surface area (Å²) in [5.74, 6) is -0.189. The maximum absolute atomic E-state index is 13.2. The number of ketones is 1. The van der Waals surface area contributed by atoms with Crippen molar-refractivity contribution < 1.29 is 24.2 Å². The normalized spacial score (nSPS) is 17.3. The molecule has 1 amide bonds. The predicted molar refractivity (Wildman–Crippen MR) is 132 cm³/mol. The van der Waals surface area contributed by atoms with Crippen LogP contribution in [0.4, 0.5) is 0 Å². The number of aliphatic hydroxyl groups is 1. The molecule has 0 aliphatic carbocycles. The molecule has 0 bridgehead atoms. The molecule has 7 nitrogen and oxygen atoms in total. The minimum absolute atomic E-state index is 0.0860. The number of carbonyl (C=O) groups is 2. The van der Waals surface area contributed by atoms with E-state index in [0.717, 1.165) is 17.7 Å². The van der Waals surface area contributed by atoms with Crippen molar-refractivity contribution in [3.05, 3.63) is 77.4 Å². The van der Waals surface area contributed by atoms with Crippen LogP contribution in [0.3, 0.4) is 0 Å². The van der Waals surface area contributed by atoms with Gasteiger partial charge in [-0.15, -0.1) is 0 Å². The van der Waals surface area contributed by atoms with E-state index >= 15 is 0 Å². The van der Waals surface area contributed by atoms with Gasteiger partial charge in [-0.2, -0.15) is 0 Å². The molecule has 0 aromatic heterocycles. The molecule has 7 heteroatoms. The fourth-order valence-electron chi connectivity index (χ4n) is 4.09. The van der Waals surface area contributed by atoms with Gasteiger partial charge in [0.1, 0.15) is 23.9 Å². The van der Waals surface area contributed by atoms with E-state index in [1.54, 1.807) is 48.4 Å². The first-order valence-corrected chi connectivity index (χ1v) is 11.2. The zero-order valence-corrected chi connectivity index (χ0v) is 20.2. The van der Waals surface area contributed by atoms with Gasteiger partial charge in [0, 0.05) is 12.1 Å². The Bertz CT molecular complexity index is 1090. The van der Waals surface area contributed by atoms with Crippen molar-refractivity contribution in [3.8, 4) is 11.5 Å². The van der Waals surface area contributed by atoms with Gasteiger partial charge in [0.25, 0.3) is 11.7 Å². The third-order valence-corrected chi connectivity index (χ3v) is 5.80. The fraction of sp³-hybridized carbons (Fsp3) is 0.333. The van der Waals surface area contributed by atoms with Crippen LogP contribution in [0.15, 0.2) is 60.7 Å². The largest absolute Gasteiger partial charge is 0.507 e. The summed E-state index contributed by atoms with van der Waals surface area (Å²) in [4.78, 5) is 29.8. The van der Waals surface area contributed by atoms with Gasteiger partial charge in [-0.05, 0) is 75.4 Å². The average Bonchev–Trinajstić information content (AvgIpc) is 3.07. The number of carbonyl (C=O) groups excluding carboxylic acids is 2. The summed E-state index contributed by atoms with van der Waals surface area (Å²) in [6.45, 7) is 6.99. The van der Waals surface area contributed by atoms with E-state index < -0.39 is 17.7 Å². The first-order valence-electron chi connectivity index (χ1n) is 11.2. The molecule has 1 saturated heterocycles. The van der Waals surface area contributed by atoms with Gasteiger partial charge in [0.05, 0.1) is 18.7 Å². The molecule has 34 heavy (non-hydrogen) atoms. The SMILES string of the molecule is C=CCOc1ccc(C(O)=C2C(=O)C(=O)N(CCCN(C)C)C2c2ccc(OC)cc2)c(C)c1. The Kier molecular flexibility index (Phi) is 8.12. The molecule has 1 fully saturated rings. The number of rotatable bonds is 10. The molecule has 2 aromatic carbocycles. The number of likely N-dealkylation sites (tertiary alicyclic amines) is 1. The van der Waals surface area contributed by atoms with E-state index in [1.165, 1.54) is 0 Å². The van der Waals surface area contributed by atoms with Crippen molar-refractivity contribution in [1.82, 2.24) is 9.80 Å². The lowest BCUT2D eigenvalue weighted by Gasteiger charge is -2.26. The van der Waals surface area contributed by atoms with E-state index in [9.17, 15) is 14.7 Å². The van der Waals surface area contributed by atoms with Gasteiger partial charge in [0.15, 0.2) is 0 Å². The van der Waals surface area contributed by atoms with Gasteiger partial charge in [-0.1, -0.05) is 24.8 Å². The van der Waals surface area contributed by atoms with E-state index in [2.05, 4.69) is 6.58 Å². The summed E-state index contributed by atoms with van der Waals surface area (Å²) in [6, 6.07) is 11.7. The molecule has 1 aliphatic rings. The van der Waals surface area contributed by atoms with Gasteiger partial charge >= 0.3 is 0 Å². The second-order valence-electron chi connectivity index (χ2n) is 8.50. The standard InChI is InChI=1S/C27H32N2O5/c1-6-16-34-21-12-13-22(18(2)17-21)25(30)23-24(19-8-10-20(33-5)11-9-19)29(27(32)26(23)31)15-7-14-28(3)4/h6,8-13,17,24,30H,1,7,14-16H2,2-5H3. The monoisotopic (exact) mass is 464 g/mol. The number of hydrogen-bond acceptors (Lipinski definition) is 6. The van der Waals surface area contributed by atoms with Crippen molar-refractivity contribution in [2.24, 2.45) is 0 Å². The molecule has 3 rings (SSSR count). The quantitative estimate of drug-likeness (QED) is 0.248. The van der Waals surface area contributed by atoms with E-state index in [1.807, 2.05) is 38.1 Å². The van der Waals surface area contributed by atoms with Crippen LogP contribution in [0.25, 0.3) is 5.76 Å². The van der Waals surface area contributed by atoms with Crippen LogP contribution in [-0.4, -0.2) is 67.5 Å². The van der Waals surface area contributed by atoms with Gasteiger partial charge in [0.2, 0.25) is 0 Å². The topological polar surface area (TPSA) is 79.3 Å². The highest BCUT2D eigenvalue weighted by molar-refractivity contribution is 6.46. The molecule has 1 N–H and O–H groups in total. The molecule has 1 heterocycles. The minimum Gasteiger partial charge on any atom is -0.507 e. The van der Waals surface area contributed by atoms with Gasteiger partial charge in [-0.25, -0.2) is 0 Å². The van der Waals surface area contributed by atoms with Crippen molar-refractivity contribution in [2.45, 2.75) is 19.4 Å². The van der Waals surface area contributed by atoms with Gasteiger partial charge < -0.3 is 24.4 Å². The maximum Gasteiger partial charge on any atom is 0.295 e. The number of benzene rings is 2. The summed E-state index contributed by atoms with van der Waals surface area (Å²) < 4.78 is 10.8. The average molecular weight is 465 g/mol. The molecule has 0 radical (unpaired) electrons. The zero-order valence-electron chi connectivity index (χ0n) is 20.2. The first kappa shape index (κ1) is 25.1. The second-order valence-corrected chi connectivity index (χ2v) is 8.50. The lowest BCUT2D eigenvalue weighted by atomic mass is 9.93. The molecule has 1 aliphatic heterocycles. The van der Waals surface area contributed by atoms with Crippen LogP contribution in [0.2, 0.25) is 0 Å². The predicted octanol–water partition coefficient (Wildman–Crippen LogP) is 3.94. The molecule has 0 saturated carbocycles. The lowest BCUT2D eigenvalue weighted by Crippen LogP contribution is -2.32. The van der Waals surface area contributed by atoms with E-state index in [-0.39, 0.29) is 11.3 Å². The molecule has 0 spiro atoms. The third kappa shape index (κ3) is 5.31. The van der Waals surface area contributed by atoms with Crippen LogP contribution in [0.5, 0.6) is 11.5 Å². The summed E-state index contributed by atoms with van der Waals surface area (Å²) in [7, 11) is 5.49. The van der Waals surface area contributed by atoms with Crippen molar-refractivity contribution in [1.29, 1.82) is 0 Å². The third-order valence-electron chi connectivity index (χ3n) is 5.80. The molecule has 2 aromatic rings. The Balaban J connectivity index is 2.07. The van der Waals surface area contributed by atoms with Crippen LogP contribution in [0.1, 0.15) is 29.2 Å². The number of Topliss-reactive ketones (excluding diaryl/α,β-unsaturated/α-hetero) is 1. The second kappa shape index (κ2) is 11.0. The van der Waals surface area contributed by atoms with Crippen molar-refractivity contribution >= 4 is 17.4 Å². The molecule has 1 unspecified atom stereocenters. The summed E-state index contributed by atoms with van der Waals surface area (Å²) in [5, 5.41) is 11.3. The number of ether oxygens (including phenoxy) is 2. The highest BCUT2D eigenvalue weighted by Crippen LogP contribution is 2.40. The van der Waals surface area contributed by atoms with E-state index in [4.69, 9.17) is 9.47 Å². The Labute approximate surface area is 200 Å². The molecular weight excluding hydrogens is 432 g/mol. The summed E-state index contributed by atoms with van der Waals surface area (Å²) >= 11 is 0. The number of amides is 1. The van der Waals surface area contributed by atoms with Crippen molar-refractivity contribution in [2.75, 3.05) is 40.9 Å². The summed E-state index contributed by atoms with van der Waals surface area (Å²) in [5.41, 5.74) is 2.03. The van der Waals surface area contributed by atoms with Crippen LogP contribution < -0.4 is 9.47 Å². The first-order chi connectivity index (χ1) is 16.3. The number of aliphatic hydroxyl groups excluding tert-OH is 1. The Morgan fingerprint density at radius 3 is 2.41 bits per heavy atom. The number of methoxy groups -OCH3 is 1. The smallest absolute Gasteiger partial charge is 0.295 e. The Morgan fingerprint density at radius 2 is 1.82 bits per heavy atom. The Morgan fingerprint density at radius 1 is 1.15 bits per heavy atom. The van der Waals surface area contributed by atoms with E-state index in [0.29, 0.717) is 36.6 Å². The summed E-state index contributed by atoms with van der Waals surface area (Å²) in [6.07, 6.45) is 2.34.